The van der Waals surface area contributed by atoms with Gasteiger partial charge in [-0.3, -0.25) is 0 Å². The van der Waals surface area contributed by atoms with Gasteiger partial charge < -0.3 is 9.47 Å². The molecule has 0 bridgehead atoms. The van der Waals surface area contributed by atoms with E-state index in [9.17, 15) is 4.79 Å². The van der Waals surface area contributed by atoms with E-state index >= 15 is 0 Å². The highest BCUT2D eigenvalue weighted by Gasteiger charge is 2.15. The van der Waals surface area contributed by atoms with Gasteiger partial charge in [0.05, 0.1) is 13.2 Å². The summed E-state index contributed by atoms with van der Waals surface area (Å²) >= 11 is 1.84. The van der Waals surface area contributed by atoms with Crippen molar-refractivity contribution in [3.8, 4) is 0 Å². The third-order valence-electron chi connectivity index (χ3n) is 4.89. The molecule has 152 valence electrons. The summed E-state index contributed by atoms with van der Waals surface area (Å²) in [6.07, 6.45) is 0.429. The molecule has 0 fully saturated rings. The Labute approximate surface area is 177 Å². The van der Waals surface area contributed by atoms with Crippen molar-refractivity contribution in [2.24, 2.45) is 0 Å². The van der Waals surface area contributed by atoms with Crippen LogP contribution in [0.5, 0.6) is 0 Å². The minimum atomic E-state index is -0.364. The number of thioether (sulfide) groups is 1. The SMILES string of the molecule is C=C(C)C(=O)OC(CC)COCc1c2ccccc2cc2ccc(SCC)cc12. The second-order valence-electron chi connectivity index (χ2n) is 7.12. The number of esters is 1. The van der Waals surface area contributed by atoms with E-state index in [1.165, 1.54) is 32.0 Å². The summed E-state index contributed by atoms with van der Waals surface area (Å²) in [6, 6.07) is 17.3. The summed E-state index contributed by atoms with van der Waals surface area (Å²) in [5, 5.41) is 4.83. The van der Waals surface area contributed by atoms with E-state index in [0.717, 1.165) is 5.75 Å². The van der Waals surface area contributed by atoms with Crippen molar-refractivity contribution in [2.75, 3.05) is 12.4 Å². The molecule has 0 radical (unpaired) electrons. The van der Waals surface area contributed by atoms with Gasteiger partial charge in [-0.25, -0.2) is 4.79 Å². The largest absolute Gasteiger partial charge is 0.457 e. The van der Waals surface area contributed by atoms with Crippen molar-refractivity contribution < 1.29 is 14.3 Å². The van der Waals surface area contributed by atoms with E-state index in [-0.39, 0.29) is 12.1 Å². The Morgan fingerprint density at radius 1 is 1.07 bits per heavy atom. The average Bonchev–Trinajstić information content (AvgIpc) is 2.72. The lowest BCUT2D eigenvalue weighted by molar-refractivity contribution is -0.147. The Hall–Kier alpha value is -2.30. The Balaban J connectivity index is 1.88. The van der Waals surface area contributed by atoms with Gasteiger partial charge in [0, 0.05) is 10.5 Å². The van der Waals surface area contributed by atoms with Crippen molar-refractivity contribution in [2.45, 2.75) is 44.8 Å². The van der Waals surface area contributed by atoms with Gasteiger partial charge in [-0.1, -0.05) is 50.8 Å². The summed E-state index contributed by atoms with van der Waals surface area (Å²) in [7, 11) is 0. The summed E-state index contributed by atoms with van der Waals surface area (Å²) in [5.41, 5.74) is 1.59. The van der Waals surface area contributed by atoms with Gasteiger partial charge in [-0.15, -0.1) is 11.8 Å². The molecule has 4 heteroatoms. The molecule has 0 aliphatic heterocycles. The van der Waals surface area contributed by atoms with E-state index < -0.39 is 0 Å². The standard InChI is InChI=1S/C25H28O3S/c1-5-20(28-25(26)17(3)4)15-27-16-24-22-10-8-7-9-18(22)13-19-11-12-21(29-6-2)14-23(19)24/h7-14,20H,3,5-6,15-16H2,1-2,4H3. The number of fused-ring (bicyclic) bond motifs is 2. The zero-order valence-corrected chi connectivity index (χ0v) is 18.2. The molecule has 1 atom stereocenters. The number of carbonyl (C=O) groups is 1. The molecule has 0 spiro atoms. The summed E-state index contributed by atoms with van der Waals surface area (Å²) in [4.78, 5) is 13.1. The highest BCUT2D eigenvalue weighted by atomic mass is 32.2. The smallest absolute Gasteiger partial charge is 0.333 e. The highest BCUT2D eigenvalue weighted by molar-refractivity contribution is 7.99. The normalized spacial score (nSPS) is 12.2. The van der Waals surface area contributed by atoms with Crippen LogP contribution in [0, 0.1) is 0 Å². The van der Waals surface area contributed by atoms with Gasteiger partial charge >= 0.3 is 5.97 Å². The maximum absolute atomic E-state index is 11.8. The van der Waals surface area contributed by atoms with E-state index in [2.05, 4.69) is 62.0 Å². The molecular weight excluding hydrogens is 380 g/mol. The molecule has 0 saturated heterocycles. The van der Waals surface area contributed by atoms with E-state index in [0.29, 0.717) is 25.2 Å². The Bertz CT molecular complexity index is 1030. The van der Waals surface area contributed by atoms with Crippen LogP contribution in [0.3, 0.4) is 0 Å². The fourth-order valence-electron chi connectivity index (χ4n) is 3.32. The first-order chi connectivity index (χ1) is 14.0. The summed E-state index contributed by atoms with van der Waals surface area (Å²) < 4.78 is 11.5. The number of ether oxygens (including phenoxy) is 2. The van der Waals surface area contributed by atoms with Crippen molar-refractivity contribution in [1.82, 2.24) is 0 Å². The van der Waals surface area contributed by atoms with Crippen LogP contribution < -0.4 is 0 Å². The molecule has 3 rings (SSSR count). The second-order valence-corrected chi connectivity index (χ2v) is 8.46. The molecule has 29 heavy (non-hydrogen) atoms. The maximum atomic E-state index is 11.8. The lowest BCUT2D eigenvalue weighted by Crippen LogP contribution is -2.23. The number of hydrogen-bond donors (Lipinski definition) is 0. The number of rotatable bonds is 9. The quantitative estimate of drug-likeness (QED) is 0.175. The van der Waals surface area contributed by atoms with Crippen molar-refractivity contribution in [3.05, 3.63) is 66.2 Å². The number of benzene rings is 3. The molecule has 0 N–H and O–H groups in total. The molecule has 3 nitrogen and oxygen atoms in total. The van der Waals surface area contributed by atoms with E-state index in [4.69, 9.17) is 9.47 Å². The lowest BCUT2D eigenvalue weighted by atomic mass is 9.97. The molecule has 0 heterocycles. The minimum Gasteiger partial charge on any atom is -0.457 e. The Morgan fingerprint density at radius 2 is 1.83 bits per heavy atom. The summed E-state index contributed by atoms with van der Waals surface area (Å²) in [5.74, 6) is 0.675. The molecule has 1 unspecified atom stereocenters. The van der Waals surface area contributed by atoms with Gasteiger partial charge in [0.25, 0.3) is 0 Å². The predicted molar refractivity (Wildman–Crippen MR) is 122 cm³/mol. The zero-order chi connectivity index (χ0) is 20.8. The molecular formula is C25H28O3S. The molecule has 3 aromatic carbocycles. The predicted octanol–water partition coefficient (Wildman–Crippen LogP) is 6.52. The second kappa shape index (κ2) is 9.95. The van der Waals surface area contributed by atoms with Crippen LogP contribution in [0.1, 0.15) is 32.8 Å². The minimum absolute atomic E-state index is 0.272. The van der Waals surface area contributed by atoms with Crippen LogP contribution in [0.25, 0.3) is 21.5 Å². The monoisotopic (exact) mass is 408 g/mol. The average molecular weight is 409 g/mol. The topological polar surface area (TPSA) is 35.5 Å². The van der Waals surface area contributed by atoms with Crippen LogP contribution in [-0.4, -0.2) is 24.4 Å². The van der Waals surface area contributed by atoms with Gasteiger partial charge in [-0.2, -0.15) is 0 Å². The molecule has 3 aromatic rings. The summed E-state index contributed by atoms with van der Waals surface area (Å²) in [6.45, 7) is 10.3. The first-order valence-corrected chi connectivity index (χ1v) is 11.0. The molecule has 0 aliphatic carbocycles. The van der Waals surface area contributed by atoms with Crippen LogP contribution >= 0.6 is 11.8 Å². The first kappa shape index (κ1) is 21.4. The van der Waals surface area contributed by atoms with Crippen LogP contribution in [-0.2, 0) is 20.9 Å². The first-order valence-electron chi connectivity index (χ1n) is 10.0. The maximum Gasteiger partial charge on any atom is 0.333 e. The van der Waals surface area contributed by atoms with Crippen LogP contribution in [0.15, 0.2) is 65.6 Å². The van der Waals surface area contributed by atoms with Gasteiger partial charge in [-0.05, 0) is 64.4 Å². The molecule has 0 amide bonds. The fourth-order valence-corrected chi connectivity index (χ4v) is 4.02. The van der Waals surface area contributed by atoms with Gasteiger partial charge in [0.15, 0.2) is 0 Å². The molecule has 0 aliphatic rings. The molecule has 0 saturated carbocycles. The third kappa shape index (κ3) is 5.20. The van der Waals surface area contributed by atoms with Crippen molar-refractivity contribution >= 4 is 39.3 Å². The molecule has 0 aromatic heterocycles. The van der Waals surface area contributed by atoms with Gasteiger partial charge in [0.1, 0.15) is 6.10 Å². The van der Waals surface area contributed by atoms with Gasteiger partial charge in [0.2, 0.25) is 0 Å². The Morgan fingerprint density at radius 3 is 2.55 bits per heavy atom. The van der Waals surface area contributed by atoms with Crippen LogP contribution in [0.2, 0.25) is 0 Å². The zero-order valence-electron chi connectivity index (χ0n) is 17.4. The Kier molecular flexibility index (Phi) is 7.34. The number of hydrogen-bond acceptors (Lipinski definition) is 4. The lowest BCUT2D eigenvalue weighted by Gasteiger charge is -2.18. The fraction of sp³-hybridized carbons (Fsp3) is 0.320. The van der Waals surface area contributed by atoms with E-state index in [1.54, 1.807) is 6.92 Å². The number of carbonyl (C=O) groups excluding carboxylic acids is 1. The van der Waals surface area contributed by atoms with Crippen molar-refractivity contribution in [3.63, 3.8) is 0 Å². The van der Waals surface area contributed by atoms with E-state index in [1.807, 2.05) is 18.7 Å². The highest BCUT2D eigenvalue weighted by Crippen LogP contribution is 2.32. The third-order valence-corrected chi connectivity index (χ3v) is 5.76. The van der Waals surface area contributed by atoms with Crippen LogP contribution in [0.4, 0.5) is 0 Å². The van der Waals surface area contributed by atoms with Crippen molar-refractivity contribution in [1.29, 1.82) is 0 Å².